The Morgan fingerprint density at radius 3 is 2.90 bits per heavy atom. The molecule has 0 bridgehead atoms. The molecule has 0 amide bonds. The third kappa shape index (κ3) is 1.48. The lowest BCUT2D eigenvalue weighted by Crippen LogP contribution is -2.25. The first-order valence-electron chi connectivity index (χ1n) is 3.31. The van der Waals surface area contributed by atoms with Crippen LogP contribution < -0.4 is 0 Å². The molecule has 0 aliphatic carbocycles. The summed E-state index contributed by atoms with van der Waals surface area (Å²) in [5, 5.41) is 8.61. The van der Waals surface area contributed by atoms with Gasteiger partial charge >= 0.3 is 0 Å². The molecule has 5 heteroatoms. The molecule has 1 unspecified atom stereocenters. The maximum absolute atomic E-state index is 11.6. The lowest BCUT2D eigenvalue weighted by molar-refractivity contribution is -0.196. The minimum absolute atomic E-state index is 0.0158. The summed E-state index contributed by atoms with van der Waals surface area (Å²) in [5.74, 6) is 0. The van der Waals surface area contributed by atoms with E-state index in [1.165, 1.54) is 0 Å². The molecule has 0 saturated carbocycles. The first kappa shape index (κ1) is 7.98. The summed E-state index contributed by atoms with van der Waals surface area (Å²) in [7, 11) is 1.82. The molecule has 3 nitrogen and oxygen atoms in total. The van der Waals surface area contributed by atoms with Crippen LogP contribution in [0, 0.1) is 0 Å². The molecular weight excluding hydrogens is 138 g/mol. The van der Waals surface area contributed by atoms with Crippen molar-refractivity contribution in [1.82, 2.24) is 0 Å². The van der Waals surface area contributed by atoms with Gasteiger partial charge < -0.3 is 9.84 Å². The maximum atomic E-state index is 11.6. The van der Waals surface area contributed by atoms with Crippen LogP contribution >= 0.6 is 0 Å². The van der Waals surface area contributed by atoms with Crippen LogP contribution in [-0.4, -0.2) is 37.8 Å². The van der Waals surface area contributed by atoms with Crippen molar-refractivity contribution in [2.24, 2.45) is 0 Å². The molecule has 0 aromatic rings. The van der Waals surface area contributed by atoms with Crippen molar-refractivity contribution >= 4 is 7.85 Å². The van der Waals surface area contributed by atoms with Gasteiger partial charge in [-0.2, -0.15) is 4.94 Å². The highest BCUT2D eigenvalue weighted by molar-refractivity contribution is 6.11. The summed E-state index contributed by atoms with van der Waals surface area (Å²) < 4.78 is 16.7. The monoisotopic (exact) mass is 148 g/mol. The number of aliphatic hydroxyl groups excluding tert-OH is 1. The third-order valence-corrected chi connectivity index (χ3v) is 1.68. The van der Waals surface area contributed by atoms with Crippen LogP contribution in [0.25, 0.3) is 0 Å². The normalized spacial score (nSPS) is 40.4. The molecule has 10 heavy (non-hydrogen) atoms. The molecule has 1 fully saturated rings. The first-order chi connectivity index (χ1) is 4.77. The van der Waals surface area contributed by atoms with Crippen molar-refractivity contribution in [2.75, 3.05) is 6.61 Å². The van der Waals surface area contributed by atoms with Crippen molar-refractivity contribution in [3.63, 3.8) is 0 Å². The zero-order valence-electron chi connectivity index (χ0n) is 5.79. The Kier molecular flexibility index (Phi) is 2.65. The Morgan fingerprint density at radius 2 is 2.50 bits per heavy atom. The van der Waals surface area contributed by atoms with Crippen molar-refractivity contribution in [3.05, 3.63) is 0 Å². The van der Waals surface area contributed by atoms with E-state index in [4.69, 9.17) is 9.84 Å². The van der Waals surface area contributed by atoms with Gasteiger partial charge in [0.25, 0.3) is 0 Å². The highest BCUT2D eigenvalue weighted by Gasteiger charge is 2.33. The van der Waals surface area contributed by atoms with Crippen LogP contribution in [0.5, 0.6) is 0 Å². The lowest BCUT2D eigenvalue weighted by Gasteiger charge is -2.10. The average Bonchev–Trinajstić information content (AvgIpc) is 2.30. The number of ether oxygens (including phenoxy) is 1. The molecule has 1 aliphatic rings. The van der Waals surface area contributed by atoms with Gasteiger partial charge in [-0.05, 0) is 10.9 Å². The summed E-state index contributed by atoms with van der Waals surface area (Å²) in [4.78, 5) is 3.60. The van der Waals surface area contributed by atoms with Crippen LogP contribution in [0.15, 0.2) is 0 Å². The Hall–Kier alpha value is -0.125. The van der Waals surface area contributed by atoms with Crippen molar-refractivity contribution < 1.29 is 19.3 Å². The molecule has 1 aliphatic heterocycles. The summed E-state index contributed by atoms with van der Waals surface area (Å²) in [6, 6.07) is -0.0158. The van der Waals surface area contributed by atoms with Gasteiger partial charge in [-0.1, -0.05) is 0 Å². The topological polar surface area (TPSA) is 38.7 Å². The second-order valence-electron chi connectivity index (χ2n) is 2.53. The van der Waals surface area contributed by atoms with Gasteiger partial charge in [-0.3, -0.25) is 0 Å². The highest BCUT2D eigenvalue weighted by Crippen LogP contribution is 2.20. The quantitative estimate of drug-likeness (QED) is 0.510. The van der Waals surface area contributed by atoms with Gasteiger partial charge in [0.05, 0.1) is 6.61 Å². The molecule has 0 spiro atoms. The summed E-state index contributed by atoms with van der Waals surface area (Å²) in [6.07, 6.45) is -0.554. The molecule has 1 rings (SSSR count). The zero-order chi connectivity index (χ0) is 7.56. The zero-order valence-corrected chi connectivity index (χ0v) is 5.79. The maximum Gasteiger partial charge on any atom is 0.139 e. The van der Waals surface area contributed by atoms with E-state index in [1.807, 2.05) is 7.85 Å². The molecule has 58 valence electrons. The molecule has 1 heterocycles. The molecule has 0 aromatic heterocycles. The second kappa shape index (κ2) is 3.32. The van der Waals surface area contributed by atoms with E-state index in [0.29, 0.717) is 6.42 Å². The number of aliphatic hydroxyl groups is 1. The Morgan fingerprint density at radius 1 is 1.80 bits per heavy atom. The summed E-state index contributed by atoms with van der Waals surface area (Å²) in [5.41, 5.74) is 0. The highest BCUT2D eigenvalue weighted by atomic mass is 19.3. The van der Waals surface area contributed by atoms with E-state index < -0.39 is 12.2 Å². The first-order valence-corrected chi connectivity index (χ1v) is 3.31. The van der Waals surface area contributed by atoms with Crippen LogP contribution in [0.4, 0.5) is 4.53 Å². The van der Waals surface area contributed by atoms with E-state index in [0.717, 1.165) is 0 Å². The Labute approximate surface area is 59.4 Å². The minimum atomic E-state index is -0.583. The van der Waals surface area contributed by atoms with Crippen molar-refractivity contribution in [3.8, 4) is 0 Å². The fraction of sp³-hybridized carbons (Fsp3) is 1.00. The van der Waals surface area contributed by atoms with Gasteiger partial charge in [0.2, 0.25) is 0 Å². The molecule has 0 radical (unpaired) electrons. The van der Waals surface area contributed by atoms with Crippen molar-refractivity contribution in [1.29, 1.82) is 0 Å². The van der Waals surface area contributed by atoms with E-state index in [-0.39, 0.29) is 12.6 Å². The molecule has 1 saturated heterocycles. The smallest absolute Gasteiger partial charge is 0.139 e. The van der Waals surface area contributed by atoms with Gasteiger partial charge in [0, 0.05) is 6.00 Å². The third-order valence-electron chi connectivity index (χ3n) is 1.68. The SMILES string of the molecule is B[C@H]1CC(OF)[C@@H](CO)O1. The van der Waals surface area contributed by atoms with Crippen LogP contribution in [0.1, 0.15) is 6.42 Å². The molecule has 0 aromatic carbocycles. The van der Waals surface area contributed by atoms with Gasteiger partial charge in [-0.25, -0.2) is 0 Å². The van der Waals surface area contributed by atoms with Gasteiger partial charge in [-0.15, -0.1) is 0 Å². The van der Waals surface area contributed by atoms with E-state index in [1.54, 1.807) is 0 Å². The predicted octanol–water partition coefficient (Wildman–Crippen LogP) is -1.00. The van der Waals surface area contributed by atoms with Crippen LogP contribution in [-0.2, 0) is 9.68 Å². The average molecular weight is 148 g/mol. The largest absolute Gasteiger partial charge is 0.394 e. The Bertz CT molecular complexity index is 101. The summed E-state index contributed by atoms with van der Waals surface area (Å²) >= 11 is 0. The van der Waals surface area contributed by atoms with Crippen LogP contribution in [0.2, 0.25) is 0 Å². The summed E-state index contributed by atoms with van der Waals surface area (Å²) in [6.45, 7) is -0.182. The minimum Gasteiger partial charge on any atom is -0.394 e. The Balaban J connectivity index is 2.41. The van der Waals surface area contributed by atoms with E-state index in [2.05, 4.69) is 4.94 Å². The standard InChI is InChI=1S/C5H10BFO3/c6-5-1-3(10-7)4(2-8)9-5/h3-5,8H,1-2,6H2/t3?,4-,5-/m1/s1. The van der Waals surface area contributed by atoms with Gasteiger partial charge in [0.1, 0.15) is 20.1 Å². The van der Waals surface area contributed by atoms with Gasteiger partial charge in [0.15, 0.2) is 0 Å². The second-order valence-corrected chi connectivity index (χ2v) is 2.53. The molecular formula is C5H10BFO3. The van der Waals surface area contributed by atoms with E-state index >= 15 is 0 Å². The lowest BCUT2D eigenvalue weighted by atomic mass is 9.96. The number of hydrogen-bond donors (Lipinski definition) is 1. The number of halogens is 1. The molecule has 1 N–H and O–H groups in total. The fourth-order valence-corrected chi connectivity index (χ4v) is 1.17. The van der Waals surface area contributed by atoms with Crippen molar-refractivity contribution in [2.45, 2.75) is 24.6 Å². The molecule has 3 atom stereocenters. The predicted molar refractivity (Wildman–Crippen MR) is 34.9 cm³/mol. The van der Waals surface area contributed by atoms with E-state index in [9.17, 15) is 4.53 Å². The van der Waals surface area contributed by atoms with Crippen LogP contribution in [0.3, 0.4) is 0 Å². The fourth-order valence-electron chi connectivity index (χ4n) is 1.17. The number of rotatable bonds is 2. The number of hydrogen-bond acceptors (Lipinski definition) is 3.